The largest absolute Gasteiger partial charge is 0.432 e. The van der Waals surface area contributed by atoms with Crippen molar-refractivity contribution in [2.45, 2.75) is 65.1 Å². The highest BCUT2D eigenvalue weighted by atomic mass is 16.4. The fourth-order valence-corrected chi connectivity index (χ4v) is 1.93. The second-order valence-corrected chi connectivity index (χ2v) is 6.15. The summed E-state index contributed by atoms with van der Waals surface area (Å²) in [5.74, 6) is 0. The molecular weight excluding hydrogens is 226 g/mol. The summed E-state index contributed by atoms with van der Waals surface area (Å²) >= 11 is 0. The van der Waals surface area contributed by atoms with Gasteiger partial charge in [0.05, 0.1) is 5.69 Å². The fraction of sp³-hybridized carbons (Fsp3) is 0.786. The second kappa shape index (κ2) is 5.31. The van der Waals surface area contributed by atoms with Crippen LogP contribution in [-0.4, -0.2) is 23.1 Å². The normalized spacial score (nSPS) is 16.0. The van der Waals surface area contributed by atoms with E-state index in [9.17, 15) is 0 Å². The van der Waals surface area contributed by atoms with Crippen LogP contribution in [-0.2, 0) is 6.54 Å². The molecule has 0 saturated heterocycles. The number of anilines is 1. The highest BCUT2D eigenvalue weighted by Crippen LogP contribution is 2.31. The second-order valence-electron chi connectivity index (χ2n) is 6.15. The molecule has 0 bridgehead atoms. The molecule has 4 heteroatoms. The van der Waals surface area contributed by atoms with Crippen LogP contribution >= 0.6 is 0 Å². The molecular formula is C14H25N3O. The minimum Gasteiger partial charge on any atom is -0.432 e. The van der Waals surface area contributed by atoms with E-state index < -0.39 is 0 Å². The van der Waals surface area contributed by atoms with Gasteiger partial charge in [-0.15, -0.1) is 0 Å². The third-order valence-corrected chi connectivity index (χ3v) is 3.04. The number of hydrogen-bond acceptors (Lipinski definition) is 4. The molecule has 0 spiro atoms. The van der Waals surface area contributed by atoms with E-state index in [1.807, 2.05) is 0 Å². The van der Waals surface area contributed by atoms with Gasteiger partial charge in [-0.1, -0.05) is 6.92 Å². The lowest BCUT2D eigenvalue weighted by Gasteiger charge is -2.20. The van der Waals surface area contributed by atoms with Crippen LogP contribution < -0.4 is 10.2 Å². The molecule has 0 unspecified atom stereocenters. The molecule has 1 heterocycles. The highest BCUT2D eigenvalue weighted by Gasteiger charge is 2.31. The summed E-state index contributed by atoms with van der Waals surface area (Å²) in [6.45, 7) is 10.5. The number of oxazole rings is 1. The van der Waals surface area contributed by atoms with Crippen molar-refractivity contribution < 1.29 is 4.42 Å². The first kappa shape index (κ1) is 13.4. The molecule has 0 radical (unpaired) electrons. The topological polar surface area (TPSA) is 41.3 Å². The molecule has 1 aliphatic carbocycles. The van der Waals surface area contributed by atoms with E-state index in [2.05, 4.69) is 42.9 Å². The Bertz CT molecular complexity index is 377. The third-order valence-electron chi connectivity index (χ3n) is 3.04. The average Bonchev–Trinajstić information content (AvgIpc) is 3.01. The summed E-state index contributed by atoms with van der Waals surface area (Å²) < 4.78 is 5.62. The van der Waals surface area contributed by atoms with Crippen molar-refractivity contribution in [3.63, 3.8) is 0 Å². The summed E-state index contributed by atoms with van der Waals surface area (Å²) in [5, 5.41) is 3.43. The van der Waals surface area contributed by atoms with Crippen LogP contribution in [0.5, 0.6) is 0 Å². The van der Waals surface area contributed by atoms with Crippen molar-refractivity contribution in [2.75, 3.05) is 11.4 Å². The number of aromatic nitrogens is 1. The van der Waals surface area contributed by atoms with Gasteiger partial charge in [0.1, 0.15) is 6.26 Å². The maximum absolute atomic E-state index is 5.62. The van der Waals surface area contributed by atoms with Gasteiger partial charge >= 0.3 is 0 Å². The van der Waals surface area contributed by atoms with Gasteiger partial charge in [-0.3, -0.25) is 0 Å². The molecule has 1 aromatic rings. The predicted molar refractivity (Wildman–Crippen MR) is 73.8 cm³/mol. The zero-order valence-corrected chi connectivity index (χ0v) is 12.0. The standard InChI is InChI=1S/C14H25N3O/c1-5-8-17(12-6-7-12)13-16-11(10-18-13)9-15-14(2,3)4/h10,12,15H,5-9H2,1-4H3. The van der Waals surface area contributed by atoms with Gasteiger partial charge in [0, 0.05) is 24.7 Å². The lowest BCUT2D eigenvalue weighted by molar-refractivity contribution is 0.421. The van der Waals surface area contributed by atoms with Gasteiger partial charge in [0.15, 0.2) is 0 Å². The van der Waals surface area contributed by atoms with Gasteiger partial charge in [0.25, 0.3) is 6.01 Å². The van der Waals surface area contributed by atoms with Crippen LogP contribution in [0.1, 0.15) is 52.7 Å². The fourth-order valence-electron chi connectivity index (χ4n) is 1.93. The Kier molecular flexibility index (Phi) is 3.95. The van der Waals surface area contributed by atoms with E-state index in [0.29, 0.717) is 6.04 Å². The van der Waals surface area contributed by atoms with Crippen LogP contribution in [0.3, 0.4) is 0 Å². The smallest absolute Gasteiger partial charge is 0.297 e. The quantitative estimate of drug-likeness (QED) is 0.844. The van der Waals surface area contributed by atoms with Crippen molar-refractivity contribution in [1.82, 2.24) is 10.3 Å². The molecule has 0 atom stereocenters. The van der Waals surface area contributed by atoms with Gasteiger partial charge < -0.3 is 14.6 Å². The molecule has 0 aromatic carbocycles. The van der Waals surface area contributed by atoms with Crippen molar-refractivity contribution in [2.24, 2.45) is 0 Å². The van der Waals surface area contributed by atoms with Crippen molar-refractivity contribution in [3.8, 4) is 0 Å². The minimum absolute atomic E-state index is 0.110. The van der Waals surface area contributed by atoms with Crippen molar-refractivity contribution in [3.05, 3.63) is 12.0 Å². The van der Waals surface area contributed by atoms with E-state index in [-0.39, 0.29) is 5.54 Å². The minimum atomic E-state index is 0.110. The van der Waals surface area contributed by atoms with E-state index in [1.54, 1.807) is 6.26 Å². The number of nitrogens with one attached hydrogen (secondary N) is 1. The Labute approximate surface area is 110 Å². The number of nitrogens with zero attached hydrogens (tertiary/aromatic N) is 2. The lowest BCUT2D eigenvalue weighted by Crippen LogP contribution is -2.35. The molecule has 0 aliphatic heterocycles. The molecule has 1 fully saturated rings. The molecule has 2 rings (SSSR count). The van der Waals surface area contributed by atoms with Crippen LogP contribution in [0.15, 0.2) is 10.7 Å². The van der Waals surface area contributed by atoms with Crippen LogP contribution in [0, 0.1) is 0 Å². The SMILES string of the molecule is CCCN(c1nc(CNC(C)(C)C)co1)C1CC1. The first-order chi connectivity index (χ1) is 8.49. The first-order valence-electron chi connectivity index (χ1n) is 6.95. The van der Waals surface area contributed by atoms with Crippen LogP contribution in [0.4, 0.5) is 6.01 Å². The third kappa shape index (κ3) is 3.73. The highest BCUT2D eigenvalue weighted by molar-refractivity contribution is 5.31. The average molecular weight is 251 g/mol. The van der Waals surface area contributed by atoms with E-state index in [1.165, 1.54) is 12.8 Å². The monoisotopic (exact) mass is 251 g/mol. The molecule has 1 aromatic heterocycles. The Morgan fingerprint density at radius 2 is 2.17 bits per heavy atom. The first-order valence-corrected chi connectivity index (χ1v) is 6.95. The van der Waals surface area contributed by atoms with E-state index >= 15 is 0 Å². The Balaban J connectivity index is 1.95. The van der Waals surface area contributed by atoms with Crippen molar-refractivity contribution >= 4 is 6.01 Å². The Morgan fingerprint density at radius 1 is 1.44 bits per heavy atom. The molecule has 0 amide bonds. The van der Waals surface area contributed by atoms with Gasteiger partial charge in [-0.05, 0) is 40.0 Å². The molecule has 18 heavy (non-hydrogen) atoms. The number of hydrogen-bond donors (Lipinski definition) is 1. The van der Waals surface area contributed by atoms with E-state index in [4.69, 9.17) is 4.42 Å². The summed E-state index contributed by atoms with van der Waals surface area (Å²) in [6, 6.07) is 1.46. The summed E-state index contributed by atoms with van der Waals surface area (Å²) in [5.41, 5.74) is 1.10. The Morgan fingerprint density at radius 3 is 2.72 bits per heavy atom. The maximum atomic E-state index is 5.62. The molecule has 102 valence electrons. The van der Waals surface area contributed by atoms with Crippen molar-refractivity contribution in [1.29, 1.82) is 0 Å². The zero-order valence-electron chi connectivity index (χ0n) is 12.0. The predicted octanol–water partition coefficient (Wildman–Crippen LogP) is 2.94. The van der Waals surface area contributed by atoms with Gasteiger partial charge in [-0.25, -0.2) is 0 Å². The van der Waals surface area contributed by atoms with Gasteiger partial charge in [-0.2, -0.15) is 4.98 Å². The summed E-state index contributed by atoms with van der Waals surface area (Å²) in [4.78, 5) is 6.90. The molecule has 1 saturated carbocycles. The zero-order chi connectivity index (χ0) is 13.2. The van der Waals surface area contributed by atoms with Crippen LogP contribution in [0.2, 0.25) is 0 Å². The van der Waals surface area contributed by atoms with Gasteiger partial charge in [0.2, 0.25) is 0 Å². The van der Waals surface area contributed by atoms with E-state index in [0.717, 1.165) is 31.2 Å². The van der Waals surface area contributed by atoms with Crippen LogP contribution in [0.25, 0.3) is 0 Å². The summed E-state index contributed by atoms with van der Waals surface area (Å²) in [6.07, 6.45) is 5.46. The lowest BCUT2D eigenvalue weighted by atomic mass is 10.1. The molecule has 1 N–H and O–H groups in total. The molecule has 4 nitrogen and oxygen atoms in total. The Hall–Kier alpha value is -1.03. The summed E-state index contributed by atoms with van der Waals surface area (Å²) in [7, 11) is 0. The molecule has 1 aliphatic rings. The number of rotatable bonds is 6. The maximum Gasteiger partial charge on any atom is 0.297 e.